The van der Waals surface area contributed by atoms with Gasteiger partial charge in [-0.25, -0.2) is 4.98 Å². The van der Waals surface area contributed by atoms with Gasteiger partial charge >= 0.3 is 0 Å². The third-order valence-corrected chi connectivity index (χ3v) is 8.17. The van der Waals surface area contributed by atoms with Crippen LogP contribution in [0.25, 0.3) is 16.6 Å². The number of rotatable bonds is 7. The third-order valence-electron chi connectivity index (χ3n) is 7.18. The van der Waals surface area contributed by atoms with E-state index >= 15 is 0 Å². The van der Waals surface area contributed by atoms with Crippen LogP contribution in [0.4, 0.5) is 0 Å². The molecule has 1 fully saturated rings. The number of hydrogen-bond acceptors (Lipinski definition) is 6. The van der Waals surface area contributed by atoms with Crippen molar-refractivity contribution in [3.63, 3.8) is 0 Å². The zero-order valence-electron chi connectivity index (χ0n) is 22.8. The van der Waals surface area contributed by atoms with Crippen molar-refractivity contribution in [2.24, 2.45) is 0 Å². The smallest absolute Gasteiger partial charge is 0.266 e. The molecule has 39 heavy (non-hydrogen) atoms. The first kappa shape index (κ1) is 26.8. The predicted molar refractivity (Wildman–Crippen MR) is 156 cm³/mol. The van der Waals surface area contributed by atoms with E-state index in [1.54, 1.807) is 55.2 Å². The number of carbonyl (C=O) groups excluding carboxylic acids is 1. The van der Waals surface area contributed by atoms with E-state index in [0.29, 0.717) is 44.6 Å². The molecule has 2 heterocycles. The Morgan fingerprint density at radius 1 is 0.923 bits per heavy atom. The van der Waals surface area contributed by atoms with Gasteiger partial charge in [-0.1, -0.05) is 35.5 Å². The molecule has 0 N–H and O–H groups in total. The molecule has 0 radical (unpaired) electrons. The van der Waals surface area contributed by atoms with Gasteiger partial charge in [-0.3, -0.25) is 14.2 Å². The minimum atomic E-state index is -0.212. The quantitative estimate of drug-likeness (QED) is 0.212. The Balaban J connectivity index is 1.64. The number of hydrogen-bond donors (Lipinski definition) is 0. The lowest BCUT2D eigenvalue weighted by atomic mass is 10.1. The highest BCUT2D eigenvalue weighted by Crippen LogP contribution is 2.30. The molecular weight excluding hydrogens is 510 g/mol. The van der Waals surface area contributed by atoms with E-state index in [4.69, 9.17) is 14.5 Å². The summed E-state index contributed by atoms with van der Waals surface area (Å²) in [6, 6.07) is 16.9. The summed E-state index contributed by atoms with van der Waals surface area (Å²) < 4.78 is 12.6. The Hall–Kier alpha value is -3.78. The van der Waals surface area contributed by atoms with Gasteiger partial charge in [-0.15, -0.1) is 0 Å². The SMILES string of the molecule is COc1cc(OC)cc(-n2c(SCc3cc(C)ccc3C)nc3cc(C(=O)N4CCCCC4)ccc3c2=O)c1. The lowest BCUT2D eigenvalue weighted by Crippen LogP contribution is -2.35. The summed E-state index contributed by atoms with van der Waals surface area (Å²) in [5, 5.41) is 0.981. The summed E-state index contributed by atoms with van der Waals surface area (Å²) in [5.74, 6) is 1.78. The number of aromatic nitrogens is 2. The van der Waals surface area contributed by atoms with E-state index < -0.39 is 0 Å². The second-order valence-electron chi connectivity index (χ2n) is 9.91. The van der Waals surface area contributed by atoms with E-state index in [2.05, 4.69) is 32.0 Å². The molecule has 0 spiro atoms. The predicted octanol–water partition coefficient (Wildman–Crippen LogP) is 5.94. The van der Waals surface area contributed by atoms with Gasteiger partial charge in [0.25, 0.3) is 11.5 Å². The molecule has 4 aromatic rings. The zero-order chi connectivity index (χ0) is 27.5. The number of piperidine rings is 1. The Morgan fingerprint density at radius 3 is 2.33 bits per heavy atom. The molecular formula is C31H33N3O4S. The Labute approximate surface area is 232 Å². The van der Waals surface area contributed by atoms with E-state index in [9.17, 15) is 9.59 Å². The summed E-state index contributed by atoms with van der Waals surface area (Å²) >= 11 is 1.49. The lowest BCUT2D eigenvalue weighted by molar-refractivity contribution is 0.0724. The van der Waals surface area contributed by atoms with Crippen LogP contribution < -0.4 is 15.0 Å². The minimum absolute atomic E-state index is 0.00954. The van der Waals surface area contributed by atoms with E-state index in [-0.39, 0.29) is 11.5 Å². The van der Waals surface area contributed by atoms with Crippen LogP contribution in [-0.4, -0.2) is 47.7 Å². The topological polar surface area (TPSA) is 73.7 Å². The number of methoxy groups -OCH3 is 2. The summed E-state index contributed by atoms with van der Waals surface area (Å²) in [7, 11) is 3.16. The van der Waals surface area contributed by atoms with Crippen molar-refractivity contribution in [3.8, 4) is 17.2 Å². The molecule has 1 saturated heterocycles. The van der Waals surface area contributed by atoms with Gasteiger partial charge in [-0.05, 0) is 62.4 Å². The average Bonchev–Trinajstić information content (AvgIpc) is 2.97. The first-order valence-electron chi connectivity index (χ1n) is 13.2. The monoisotopic (exact) mass is 543 g/mol. The van der Waals surface area contributed by atoms with Crippen molar-refractivity contribution >= 4 is 28.6 Å². The van der Waals surface area contributed by atoms with E-state index in [1.165, 1.54) is 28.5 Å². The van der Waals surface area contributed by atoms with Gasteiger partial charge in [0.2, 0.25) is 0 Å². The number of carbonyl (C=O) groups is 1. The van der Waals surface area contributed by atoms with Crippen LogP contribution in [-0.2, 0) is 5.75 Å². The maximum atomic E-state index is 14.0. The first-order valence-corrected chi connectivity index (χ1v) is 14.1. The Morgan fingerprint density at radius 2 is 1.64 bits per heavy atom. The molecule has 0 atom stereocenters. The lowest BCUT2D eigenvalue weighted by Gasteiger charge is -2.26. The van der Waals surface area contributed by atoms with Gasteiger partial charge in [0.1, 0.15) is 11.5 Å². The number of likely N-dealkylation sites (tertiary alicyclic amines) is 1. The molecule has 3 aromatic carbocycles. The minimum Gasteiger partial charge on any atom is -0.497 e. The van der Waals surface area contributed by atoms with Crippen LogP contribution in [0.1, 0.15) is 46.3 Å². The second kappa shape index (κ2) is 11.5. The van der Waals surface area contributed by atoms with Crippen LogP contribution >= 0.6 is 11.8 Å². The fourth-order valence-electron chi connectivity index (χ4n) is 4.92. The highest BCUT2D eigenvalue weighted by atomic mass is 32.2. The third kappa shape index (κ3) is 5.66. The fraction of sp³-hybridized carbons (Fsp3) is 0.323. The zero-order valence-corrected chi connectivity index (χ0v) is 23.6. The molecule has 0 unspecified atom stereocenters. The van der Waals surface area contributed by atoms with Gasteiger partial charge in [-0.2, -0.15) is 0 Å². The Kier molecular flexibility index (Phi) is 7.93. The van der Waals surface area contributed by atoms with Gasteiger partial charge in [0, 0.05) is 42.6 Å². The van der Waals surface area contributed by atoms with Crippen molar-refractivity contribution < 1.29 is 14.3 Å². The number of benzene rings is 3. The summed E-state index contributed by atoms with van der Waals surface area (Å²) in [4.78, 5) is 34.0. The summed E-state index contributed by atoms with van der Waals surface area (Å²) in [6.07, 6.45) is 3.19. The van der Waals surface area contributed by atoms with Crippen molar-refractivity contribution in [2.75, 3.05) is 27.3 Å². The summed E-state index contributed by atoms with van der Waals surface area (Å²) in [6.45, 7) is 5.68. The van der Waals surface area contributed by atoms with Crippen LogP contribution in [0.3, 0.4) is 0 Å². The molecule has 7 nitrogen and oxygen atoms in total. The number of thioether (sulfide) groups is 1. The average molecular weight is 544 g/mol. The van der Waals surface area contributed by atoms with Gasteiger partial charge in [0.15, 0.2) is 5.16 Å². The highest BCUT2D eigenvalue weighted by Gasteiger charge is 2.21. The van der Waals surface area contributed by atoms with Crippen molar-refractivity contribution in [2.45, 2.75) is 44.0 Å². The van der Waals surface area contributed by atoms with Gasteiger partial charge in [0.05, 0.1) is 30.8 Å². The van der Waals surface area contributed by atoms with Crippen LogP contribution in [0, 0.1) is 13.8 Å². The number of nitrogens with zero attached hydrogens (tertiary/aromatic N) is 3. The Bertz CT molecular complexity index is 1570. The van der Waals surface area contributed by atoms with E-state index in [1.807, 2.05) is 4.90 Å². The van der Waals surface area contributed by atoms with Crippen LogP contribution in [0.5, 0.6) is 11.5 Å². The highest BCUT2D eigenvalue weighted by molar-refractivity contribution is 7.98. The van der Waals surface area contributed by atoms with E-state index in [0.717, 1.165) is 32.4 Å². The normalized spacial score (nSPS) is 13.5. The maximum absolute atomic E-state index is 14.0. The fourth-order valence-corrected chi connectivity index (χ4v) is 6.00. The molecule has 1 amide bonds. The van der Waals surface area contributed by atoms with Crippen LogP contribution in [0.2, 0.25) is 0 Å². The molecule has 0 bridgehead atoms. The molecule has 0 saturated carbocycles. The van der Waals surface area contributed by atoms with Crippen LogP contribution in [0.15, 0.2) is 64.5 Å². The number of fused-ring (bicyclic) bond motifs is 1. The molecule has 1 aliphatic rings. The van der Waals surface area contributed by atoms with Gasteiger partial charge < -0.3 is 14.4 Å². The second-order valence-corrected chi connectivity index (χ2v) is 10.9. The number of ether oxygens (including phenoxy) is 2. The van der Waals surface area contributed by atoms with Crippen molar-refractivity contribution in [1.29, 1.82) is 0 Å². The molecule has 202 valence electrons. The standard InChI is InChI=1S/C31H33N3O4S/c1-20-8-9-21(2)23(14-20)19-39-31-32-28-15-22(29(35)33-12-6-5-7-13-33)10-11-27(28)30(36)34(31)24-16-25(37-3)18-26(17-24)38-4/h8-11,14-18H,5-7,12-13,19H2,1-4H3. The molecule has 1 aliphatic heterocycles. The first-order chi connectivity index (χ1) is 18.9. The largest absolute Gasteiger partial charge is 0.497 e. The number of amides is 1. The maximum Gasteiger partial charge on any atom is 0.266 e. The summed E-state index contributed by atoms with van der Waals surface area (Å²) in [5.41, 5.74) is 5.00. The molecule has 5 rings (SSSR count). The molecule has 0 aliphatic carbocycles. The van der Waals surface area contributed by atoms with Crippen molar-refractivity contribution in [1.82, 2.24) is 14.5 Å². The number of aryl methyl sites for hydroxylation is 2. The molecule has 1 aromatic heterocycles. The molecule has 8 heteroatoms. The van der Waals surface area contributed by atoms with Crippen molar-refractivity contribution in [3.05, 3.63) is 87.2 Å².